The highest BCUT2D eigenvalue weighted by atomic mass is 16.5. The van der Waals surface area contributed by atoms with E-state index in [1.165, 1.54) is 13.2 Å². The Morgan fingerprint density at radius 1 is 1.83 bits per heavy atom. The van der Waals surface area contributed by atoms with Crippen molar-refractivity contribution in [1.82, 2.24) is 5.16 Å². The van der Waals surface area contributed by atoms with Crippen molar-refractivity contribution in [2.24, 2.45) is 4.99 Å². The third kappa shape index (κ3) is 2.21. The van der Waals surface area contributed by atoms with Gasteiger partial charge in [-0.2, -0.15) is 0 Å². The van der Waals surface area contributed by atoms with Gasteiger partial charge in [-0.15, -0.1) is 0 Å². The van der Waals surface area contributed by atoms with E-state index in [4.69, 9.17) is 9.26 Å². The van der Waals surface area contributed by atoms with Crippen molar-refractivity contribution in [3.05, 3.63) is 11.8 Å². The average molecular weight is 168 g/mol. The van der Waals surface area contributed by atoms with Crippen molar-refractivity contribution >= 4 is 6.08 Å². The lowest BCUT2D eigenvalue weighted by atomic mass is 10.3. The van der Waals surface area contributed by atoms with Crippen LogP contribution in [0, 0.1) is 0 Å². The highest BCUT2D eigenvalue weighted by Gasteiger charge is 2.01. The lowest BCUT2D eigenvalue weighted by molar-refractivity contribution is 0.327. The first-order chi connectivity index (χ1) is 5.86. The number of nitrogens with zero attached hydrogens (tertiary/aromatic N) is 2. The van der Waals surface area contributed by atoms with Gasteiger partial charge in [0.2, 0.25) is 6.08 Å². The number of rotatable bonds is 4. The van der Waals surface area contributed by atoms with E-state index in [-0.39, 0.29) is 0 Å². The summed E-state index contributed by atoms with van der Waals surface area (Å²) in [4.78, 5) is 13.1. The average Bonchev–Trinajstić information content (AvgIpc) is 2.53. The number of hydrogen-bond donors (Lipinski definition) is 0. The van der Waals surface area contributed by atoms with Crippen LogP contribution in [0.3, 0.4) is 0 Å². The molecule has 0 radical (unpaired) electrons. The largest absolute Gasteiger partial charge is 0.479 e. The Hall–Kier alpha value is -1.61. The van der Waals surface area contributed by atoms with Crippen LogP contribution in [0.1, 0.15) is 5.76 Å². The maximum Gasteiger partial charge on any atom is 0.254 e. The van der Waals surface area contributed by atoms with Gasteiger partial charge in [0.25, 0.3) is 5.88 Å². The molecule has 64 valence electrons. The quantitative estimate of drug-likeness (QED) is 0.486. The standard InChI is InChI=1S/C7H8N2O3/c1-11-7-4-6(12-9-7)2-3-8-5-10/h4H,2-3H2,1H3. The topological polar surface area (TPSA) is 64.7 Å². The number of carbonyl (C=O) groups excluding carboxylic acids is 1. The number of isocyanates is 1. The molecule has 0 aliphatic heterocycles. The summed E-state index contributed by atoms with van der Waals surface area (Å²) >= 11 is 0. The molecule has 1 rings (SSSR count). The summed E-state index contributed by atoms with van der Waals surface area (Å²) in [6.45, 7) is 0.363. The molecule has 0 atom stereocenters. The van der Waals surface area contributed by atoms with Gasteiger partial charge in [0, 0.05) is 12.5 Å². The number of aliphatic imine (C=N–C) groups is 1. The lowest BCUT2D eigenvalue weighted by Gasteiger charge is -1.85. The first-order valence-corrected chi connectivity index (χ1v) is 3.40. The lowest BCUT2D eigenvalue weighted by Crippen LogP contribution is -1.85. The second kappa shape index (κ2) is 4.31. The highest BCUT2D eigenvalue weighted by Crippen LogP contribution is 2.10. The van der Waals surface area contributed by atoms with Crippen LogP contribution in [-0.4, -0.2) is 24.9 Å². The SMILES string of the molecule is COc1cc(CCN=C=O)on1. The Labute approximate surface area is 69.0 Å². The fourth-order valence-electron chi connectivity index (χ4n) is 0.720. The normalized spacial score (nSPS) is 9.08. The van der Waals surface area contributed by atoms with E-state index < -0.39 is 0 Å². The Morgan fingerprint density at radius 2 is 2.67 bits per heavy atom. The molecule has 0 aliphatic carbocycles. The molecule has 12 heavy (non-hydrogen) atoms. The second-order valence-corrected chi connectivity index (χ2v) is 2.06. The molecule has 0 unspecified atom stereocenters. The zero-order valence-corrected chi connectivity index (χ0v) is 6.61. The molecule has 0 saturated heterocycles. The Balaban J connectivity index is 2.46. The van der Waals surface area contributed by atoms with Crippen LogP contribution in [0.25, 0.3) is 0 Å². The zero-order valence-electron chi connectivity index (χ0n) is 6.61. The minimum absolute atomic E-state index is 0.363. The first-order valence-electron chi connectivity index (χ1n) is 3.40. The number of aromatic nitrogens is 1. The van der Waals surface area contributed by atoms with Crippen LogP contribution >= 0.6 is 0 Å². The van der Waals surface area contributed by atoms with E-state index in [1.54, 1.807) is 6.07 Å². The Kier molecular flexibility index (Phi) is 3.04. The first kappa shape index (κ1) is 8.49. The molecule has 0 fully saturated rings. The monoisotopic (exact) mass is 168 g/mol. The molecule has 0 N–H and O–H groups in total. The molecule has 0 spiro atoms. The van der Waals surface area contributed by atoms with Gasteiger partial charge in [-0.1, -0.05) is 0 Å². The Morgan fingerprint density at radius 3 is 3.25 bits per heavy atom. The molecule has 0 aromatic carbocycles. The smallest absolute Gasteiger partial charge is 0.254 e. The molecule has 1 aromatic rings. The van der Waals surface area contributed by atoms with E-state index in [0.717, 1.165) is 0 Å². The molecule has 5 nitrogen and oxygen atoms in total. The van der Waals surface area contributed by atoms with E-state index in [0.29, 0.717) is 24.6 Å². The van der Waals surface area contributed by atoms with Crippen LogP contribution in [0.15, 0.2) is 15.6 Å². The zero-order chi connectivity index (χ0) is 8.81. The highest BCUT2D eigenvalue weighted by molar-refractivity contribution is 5.32. The third-order valence-corrected chi connectivity index (χ3v) is 1.28. The van der Waals surface area contributed by atoms with Gasteiger partial charge >= 0.3 is 0 Å². The molecule has 0 bridgehead atoms. The predicted octanol–water partition coefficient (Wildman–Crippen LogP) is 0.561. The van der Waals surface area contributed by atoms with Crippen molar-refractivity contribution in [2.45, 2.75) is 6.42 Å². The second-order valence-electron chi connectivity index (χ2n) is 2.06. The van der Waals surface area contributed by atoms with E-state index >= 15 is 0 Å². The molecule has 1 heterocycles. The molecule has 0 aliphatic rings. The molecular formula is C7H8N2O3. The summed E-state index contributed by atoms with van der Waals surface area (Å²) in [6.07, 6.45) is 1.97. The number of ether oxygens (including phenoxy) is 1. The van der Waals surface area contributed by atoms with Crippen molar-refractivity contribution < 1.29 is 14.1 Å². The summed E-state index contributed by atoms with van der Waals surface area (Å²) < 4.78 is 9.63. The van der Waals surface area contributed by atoms with Gasteiger partial charge in [0.05, 0.1) is 13.7 Å². The number of methoxy groups -OCH3 is 1. The molecule has 1 aromatic heterocycles. The number of hydrogen-bond acceptors (Lipinski definition) is 5. The van der Waals surface area contributed by atoms with Gasteiger partial charge in [-0.25, -0.2) is 9.79 Å². The summed E-state index contributed by atoms with van der Waals surface area (Å²) in [5.74, 6) is 1.07. The molecule has 5 heteroatoms. The Bertz CT molecular complexity index is 289. The van der Waals surface area contributed by atoms with Crippen LogP contribution in [0.2, 0.25) is 0 Å². The molecular weight excluding hydrogens is 160 g/mol. The molecule has 0 saturated carbocycles. The van der Waals surface area contributed by atoms with Gasteiger partial charge in [-0.05, 0) is 5.16 Å². The minimum Gasteiger partial charge on any atom is -0.479 e. The van der Waals surface area contributed by atoms with Gasteiger partial charge in [-0.3, -0.25) is 0 Å². The summed E-state index contributed by atoms with van der Waals surface area (Å²) in [5, 5.41) is 3.58. The van der Waals surface area contributed by atoms with Crippen LogP contribution in [0.4, 0.5) is 0 Å². The van der Waals surface area contributed by atoms with Gasteiger partial charge < -0.3 is 9.26 Å². The van der Waals surface area contributed by atoms with E-state index in [9.17, 15) is 4.79 Å². The van der Waals surface area contributed by atoms with Crippen LogP contribution < -0.4 is 4.74 Å². The third-order valence-electron chi connectivity index (χ3n) is 1.28. The van der Waals surface area contributed by atoms with Crippen molar-refractivity contribution in [3.63, 3.8) is 0 Å². The maximum absolute atomic E-state index is 9.69. The van der Waals surface area contributed by atoms with Crippen molar-refractivity contribution in [3.8, 4) is 5.88 Å². The van der Waals surface area contributed by atoms with Gasteiger partial charge in [0.15, 0.2) is 0 Å². The van der Waals surface area contributed by atoms with Crippen LogP contribution in [-0.2, 0) is 11.2 Å². The van der Waals surface area contributed by atoms with E-state index in [1.807, 2.05) is 0 Å². The van der Waals surface area contributed by atoms with Crippen molar-refractivity contribution in [1.29, 1.82) is 0 Å². The van der Waals surface area contributed by atoms with Gasteiger partial charge in [0.1, 0.15) is 5.76 Å². The summed E-state index contributed by atoms with van der Waals surface area (Å²) in [6, 6.07) is 1.65. The maximum atomic E-state index is 9.69. The summed E-state index contributed by atoms with van der Waals surface area (Å²) in [5.41, 5.74) is 0. The minimum atomic E-state index is 0.363. The summed E-state index contributed by atoms with van der Waals surface area (Å²) in [7, 11) is 1.51. The van der Waals surface area contributed by atoms with Crippen LogP contribution in [0.5, 0.6) is 5.88 Å². The van der Waals surface area contributed by atoms with Crippen molar-refractivity contribution in [2.75, 3.05) is 13.7 Å². The predicted molar refractivity (Wildman–Crippen MR) is 39.7 cm³/mol. The molecule has 0 amide bonds. The fraction of sp³-hybridized carbons (Fsp3) is 0.429. The van der Waals surface area contributed by atoms with E-state index in [2.05, 4.69) is 10.1 Å². The fourth-order valence-corrected chi connectivity index (χ4v) is 0.720.